The molecule has 5 nitrogen and oxygen atoms in total. The number of amides is 1. The van der Waals surface area contributed by atoms with Gasteiger partial charge >= 0.3 is 0 Å². The maximum absolute atomic E-state index is 12.6. The van der Waals surface area contributed by atoms with Gasteiger partial charge in [-0.25, -0.2) is 4.68 Å². The fourth-order valence-electron chi connectivity index (χ4n) is 5.10. The van der Waals surface area contributed by atoms with Crippen LogP contribution in [0, 0.1) is 17.8 Å². The summed E-state index contributed by atoms with van der Waals surface area (Å²) in [5.74, 6) is 2.23. The summed E-state index contributed by atoms with van der Waals surface area (Å²) in [5, 5.41) is 8.86. The van der Waals surface area contributed by atoms with Crippen LogP contribution in [0.3, 0.4) is 0 Å². The molecule has 1 saturated heterocycles. The minimum absolute atomic E-state index is 0.333. The third-order valence-corrected chi connectivity index (χ3v) is 6.83. The van der Waals surface area contributed by atoms with Gasteiger partial charge in [0.05, 0.1) is 11.7 Å². The SMILES string of the molecule is CCC[C@@H]1C[C@@H]1C(=O)N1CCC(n2cc(CC3CCCCC3)nn2)CC1. The Kier molecular flexibility index (Phi) is 5.60. The standard InChI is InChI=1S/C21H34N4O/c1-2-6-17-14-20(17)21(26)24-11-9-19(10-12-24)25-15-18(22-23-25)13-16-7-4-3-5-8-16/h15-17,19-20H,2-14H2,1H3/t17-,20+/m1/s1. The van der Waals surface area contributed by atoms with Crippen molar-refractivity contribution in [1.29, 1.82) is 0 Å². The van der Waals surface area contributed by atoms with E-state index in [4.69, 9.17) is 0 Å². The number of carbonyl (C=O) groups is 1. The number of piperidine rings is 1. The van der Waals surface area contributed by atoms with Crippen molar-refractivity contribution >= 4 is 5.91 Å². The fourth-order valence-corrected chi connectivity index (χ4v) is 5.10. The number of hydrogen-bond acceptors (Lipinski definition) is 3. The van der Waals surface area contributed by atoms with Gasteiger partial charge in [0.1, 0.15) is 0 Å². The van der Waals surface area contributed by atoms with Crippen LogP contribution in [-0.2, 0) is 11.2 Å². The van der Waals surface area contributed by atoms with Gasteiger partial charge in [-0.05, 0) is 43.9 Å². The van der Waals surface area contributed by atoms with Crippen LogP contribution in [0.15, 0.2) is 6.20 Å². The number of likely N-dealkylation sites (tertiary alicyclic amines) is 1. The van der Waals surface area contributed by atoms with Gasteiger partial charge in [0.25, 0.3) is 0 Å². The molecule has 2 heterocycles. The van der Waals surface area contributed by atoms with Crippen LogP contribution in [0.5, 0.6) is 0 Å². The first-order valence-electron chi connectivity index (χ1n) is 10.9. The van der Waals surface area contributed by atoms with Gasteiger partial charge in [0.15, 0.2) is 0 Å². The summed E-state index contributed by atoms with van der Waals surface area (Å²) in [6, 6.07) is 0.414. The van der Waals surface area contributed by atoms with Gasteiger partial charge in [0, 0.05) is 25.2 Å². The molecular formula is C21H34N4O. The monoisotopic (exact) mass is 358 g/mol. The zero-order valence-corrected chi connectivity index (χ0v) is 16.3. The van der Waals surface area contributed by atoms with Gasteiger partial charge in [-0.2, -0.15) is 0 Å². The van der Waals surface area contributed by atoms with Crippen molar-refractivity contribution in [1.82, 2.24) is 19.9 Å². The second-order valence-electron chi connectivity index (χ2n) is 8.85. The van der Waals surface area contributed by atoms with E-state index in [1.54, 1.807) is 0 Å². The topological polar surface area (TPSA) is 51.0 Å². The Balaban J connectivity index is 1.25. The minimum Gasteiger partial charge on any atom is -0.342 e. The highest BCUT2D eigenvalue weighted by Crippen LogP contribution is 2.43. The Morgan fingerprint density at radius 3 is 2.65 bits per heavy atom. The van der Waals surface area contributed by atoms with Crippen molar-refractivity contribution in [2.75, 3.05) is 13.1 Å². The Bertz CT molecular complexity index is 599. The molecule has 2 aliphatic carbocycles. The van der Waals surface area contributed by atoms with Gasteiger partial charge in [-0.3, -0.25) is 4.79 Å². The van der Waals surface area contributed by atoms with Crippen molar-refractivity contribution in [2.45, 2.75) is 83.6 Å². The van der Waals surface area contributed by atoms with Crippen LogP contribution < -0.4 is 0 Å². The molecule has 1 aromatic rings. The molecule has 3 fully saturated rings. The molecule has 0 aromatic carbocycles. The van der Waals surface area contributed by atoms with Crippen LogP contribution >= 0.6 is 0 Å². The minimum atomic E-state index is 0.333. The van der Waals surface area contributed by atoms with Gasteiger partial charge < -0.3 is 4.90 Å². The molecule has 0 bridgehead atoms. The lowest BCUT2D eigenvalue weighted by atomic mass is 9.86. The van der Waals surface area contributed by atoms with E-state index in [0.717, 1.165) is 50.4 Å². The maximum atomic E-state index is 12.6. The maximum Gasteiger partial charge on any atom is 0.225 e. The van der Waals surface area contributed by atoms with Gasteiger partial charge in [0.2, 0.25) is 5.91 Å². The van der Waals surface area contributed by atoms with E-state index >= 15 is 0 Å². The molecule has 26 heavy (non-hydrogen) atoms. The summed E-state index contributed by atoms with van der Waals surface area (Å²) in [6.07, 6.45) is 15.7. The first-order valence-corrected chi connectivity index (χ1v) is 10.9. The molecular weight excluding hydrogens is 324 g/mol. The average Bonchev–Trinajstić information content (AvgIpc) is 3.29. The molecule has 0 N–H and O–H groups in total. The lowest BCUT2D eigenvalue weighted by molar-refractivity contribution is -0.134. The van der Waals surface area contributed by atoms with Crippen LogP contribution in [0.1, 0.15) is 82.9 Å². The Morgan fingerprint density at radius 1 is 1.15 bits per heavy atom. The first kappa shape index (κ1) is 18.0. The smallest absolute Gasteiger partial charge is 0.225 e. The van der Waals surface area contributed by atoms with Crippen LogP contribution in [-0.4, -0.2) is 38.9 Å². The van der Waals surface area contributed by atoms with Crippen molar-refractivity contribution < 1.29 is 4.79 Å². The number of nitrogens with zero attached hydrogens (tertiary/aromatic N) is 4. The highest BCUT2D eigenvalue weighted by Gasteiger charge is 2.44. The van der Waals surface area contributed by atoms with Crippen LogP contribution in [0.2, 0.25) is 0 Å². The van der Waals surface area contributed by atoms with Gasteiger partial charge in [-0.1, -0.05) is 50.7 Å². The predicted molar refractivity (Wildman–Crippen MR) is 102 cm³/mol. The van der Waals surface area contributed by atoms with Crippen molar-refractivity contribution in [3.8, 4) is 0 Å². The van der Waals surface area contributed by atoms with E-state index in [1.165, 1.54) is 44.9 Å². The molecule has 0 unspecified atom stereocenters. The fraction of sp³-hybridized carbons (Fsp3) is 0.857. The van der Waals surface area contributed by atoms with Crippen LogP contribution in [0.4, 0.5) is 0 Å². The van der Waals surface area contributed by atoms with E-state index in [1.807, 2.05) is 0 Å². The summed E-state index contributed by atoms with van der Waals surface area (Å²) in [6.45, 7) is 3.99. The molecule has 3 aliphatic rings. The molecule has 2 atom stereocenters. The van der Waals surface area contributed by atoms with Crippen molar-refractivity contribution in [3.63, 3.8) is 0 Å². The van der Waals surface area contributed by atoms with E-state index in [9.17, 15) is 4.79 Å². The van der Waals surface area contributed by atoms with E-state index in [2.05, 4.69) is 33.0 Å². The molecule has 2 saturated carbocycles. The molecule has 0 radical (unpaired) electrons. The Morgan fingerprint density at radius 2 is 1.92 bits per heavy atom. The third-order valence-electron chi connectivity index (χ3n) is 6.83. The lowest BCUT2D eigenvalue weighted by Gasteiger charge is -2.32. The zero-order chi connectivity index (χ0) is 17.9. The van der Waals surface area contributed by atoms with E-state index < -0.39 is 0 Å². The third kappa shape index (κ3) is 4.12. The number of carbonyl (C=O) groups excluding carboxylic acids is 1. The summed E-state index contributed by atoms with van der Waals surface area (Å²) in [5.41, 5.74) is 1.16. The molecule has 1 aliphatic heterocycles. The van der Waals surface area contributed by atoms with Crippen LogP contribution in [0.25, 0.3) is 0 Å². The molecule has 1 aromatic heterocycles. The predicted octanol–water partition coefficient (Wildman–Crippen LogP) is 4.00. The van der Waals surface area contributed by atoms with Gasteiger partial charge in [-0.15, -0.1) is 5.10 Å². The average molecular weight is 359 g/mol. The van der Waals surface area contributed by atoms with Crippen molar-refractivity contribution in [2.24, 2.45) is 17.8 Å². The zero-order valence-electron chi connectivity index (χ0n) is 16.3. The summed E-state index contributed by atoms with van der Waals surface area (Å²) < 4.78 is 2.08. The molecule has 1 amide bonds. The summed E-state index contributed by atoms with van der Waals surface area (Å²) >= 11 is 0. The second-order valence-corrected chi connectivity index (χ2v) is 8.85. The lowest BCUT2D eigenvalue weighted by Crippen LogP contribution is -2.40. The van der Waals surface area contributed by atoms with E-state index in [-0.39, 0.29) is 0 Å². The Hall–Kier alpha value is -1.39. The second kappa shape index (κ2) is 8.10. The molecule has 4 rings (SSSR count). The number of hydrogen-bond donors (Lipinski definition) is 0. The normalized spacial score (nSPS) is 27.7. The number of rotatable bonds is 6. The number of aromatic nitrogens is 3. The highest BCUT2D eigenvalue weighted by atomic mass is 16.2. The summed E-state index contributed by atoms with van der Waals surface area (Å²) in [4.78, 5) is 14.7. The molecule has 144 valence electrons. The molecule has 5 heteroatoms. The molecule has 0 spiro atoms. The first-order chi connectivity index (χ1) is 12.7. The quantitative estimate of drug-likeness (QED) is 0.772. The van der Waals surface area contributed by atoms with E-state index in [0.29, 0.717) is 23.8 Å². The van der Waals surface area contributed by atoms with Crippen molar-refractivity contribution in [3.05, 3.63) is 11.9 Å². The largest absolute Gasteiger partial charge is 0.342 e. The summed E-state index contributed by atoms with van der Waals surface area (Å²) in [7, 11) is 0. The Labute approximate surface area is 157 Å². The highest BCUT2D eigenvalue weighted by molar-refractivity contribution is 5.81.